The van der Waals surface area contributed by atoms with Gasteiger partial charge in [-0.1, -0.05) is 20.8 Å². The first-order valence-corrected chi connectivity index (χ1v) is 11.2. The topological polar surface area (TPSA) is 20.2 Å². The van der Waals surface area contributed by atoms with E-state index in [1.807, 2.05) is 0 Å². The SMILES string of the molecule is C[C@@H]1C[C@@]2(C)[C@H](CC[C@@H]3[C@@H]2CC[C@]2(C)[C@@H](O)CC[C@@H]32)C[C@]12CS2. The van der Waals surface area contributed by atoms with Gasteiger partial charge in [0, 0.05) is 10.5 Å². The Hall–Kier alpha value is 0.310. The van der Waals surface area contributed by atoms with Gasteiger partial charge in [0.1, 0.15) is 0 Å². The summed E-state index contributed by atoms with van der Waals surface area (Å²) in [4.78, 5) is 0. The van der Waals surface area contributed by atoms with E-state index in [-0.39, 0.29) is 11.5 Å². The highest BCUT2D eigenvalue weighted by Crippen LogP contribution is 2.71. The fourth-order valence-corrected chi connectivity index (χ4v) is 9.39. The molecule has 1 saturated heterocycles. The molecule has 1 N–H and O–H groups in total. The van der Waals surface area contributed by atoms with Crippen LogP contribution >= 0.6 is 11.8 Å². The predicted molar refractivity (Wildman–Crippen MR) is 97.5 cm³/mol. The molecule has 4 saturated carbocycles. The summed E-state index contributed by atoms with van der Waals surface area (Å²) < 4.78 is 0.698. The molecule has 5 rings (SSSR count). The second-order valence-corrected chi connectivity index (χ2v) is 11.8. The second kappa shape index (κ2) is 4.72. The zero-order valence-electron chi connectivity index (χ0n) is 15.2. The van der Waals surface area contributed by atoms with E-state index in [0.717, 1.165) is 36.0 Å². The standard InChI is InChI=1S/C21H34OS/c1-13-10-20(3)14(11-21(13)12-23-21)4-5-15-16-6-7-18(22)19(16,2)9-8-17(15)20/h13-18,22H,4-12H2,1-3H3/t13-,14-,15+,16+,17+,18+,19+,20+,21+/m1/s1. The van der Waals surface area contributed by atoms with E-state index < -0.39 is 0 Å². The van der Waals surface area contributed by atoms with Gasteiger partial charge in [0.2, 0.25) is 0 Å². The van der Waals surface area contributed by atoms with Crippen LogP contribution in [-0.4, -0.2) is 21.7 Å². The first kappa shape index (κ1) is 15.6. The Balaban J connectivity index is 1.45. The van der Waals surface area contributed by atoms with Gasteiger partial charge in [0.15, 0.2) is 0 Å². The van der Waals surface area contributed by atoms with Crippen molar-refractivity contribution in [1.29, 1.82) is 0 Å². The van der Waals surface area contributed by atoms with Crippen LogP contribution in [-0.2, 0) is 0 Å². The van der Waals surface area contributed by atoms with Gasteiger partial charge in [-0.3, -0.25) is 0 Å². The van der Waals surface area contributed by atoms with Crippen LogP contribution in [0.4, 0.5) is 0 Å². The molecule has 0 aromatic carbocycles. The summed E-state index contributed by atoms with van der Waals surface area (Å²) in [5.74, 6) is 6.05. The summed E-state index contributed by atoms with van der Waals surface area (Å²) in [7, 11) is 0. The van der Waals surface area contributed by atoms with Gasteiger partial charge in [-0.25, -0.2) is 0 Å². The highest BCUT2D eigenvalue weighted by molar-refractivity contribution is 8.07. The zero-order valence-corrected chi connectivity index (χ0v) is 16.0. The van der Waals surface area contributed by atoms with Gasteiger partial charge in [-0.15, -0.1) is 0 Å². The summed E-state index contributed by atoms with van der Waals surface area (Å²) in [6.07, 6.45) is 11.0. The highest BCUT2D eigenvalue weighted by atomic mass is 32.2. The highest BCUT2D eigenvalue weighted by Gasteiger charge is 2.64. The average Bonchev–Trinajstić information content (AvgIpc) is 3.22. The average molecular weight is 335 g/mol. The molecule has 5 fully saturated rings. The third kappa shape index (κ3) is 1.92. The van der Waals surface area contributed by atoms with Crippen molar-refractivity contribution < 1.29 is 5.11 Å². The van der Waals surface area contributed by atoms with Crippen LogP contribution in [0.2, 0.25) is 0 Å². The van der Waals surface area contributed by atoms with Crippen LogP contribution in [0.1, 0.15) is 72.1 Å². The molecule has 1 nitrogen and oxygen atoms in total. The third-order valence-electron chi connectivity index (χ3n) is 9.77. The molecule has 23 heavy (non-hydrogen) atoms. The predicted octanol–water partition coefficient (Wildman–Crippen LogP) is 5.12. The lowest BCUT2D eigenvalue weighted by atomic mass is 9.43. The molecule has 0 aromatic heterocycles. The van der Waals surface area contributed by atoms with E-state index in [9.17, 15) is 5.11 Å². The van der Waals surface area contributed by atoms with E-state index in [4.69, 9.17) is 0 Å². The van der Waals surface area contributed by atoms with Gasteiger partial charge in [-0.05, 0) is 91.8 Å². The van der Waals surface area contributed by atoms with Crippen molar-refractivity contribution in [3.8, 4) is 0 Å². The van der Waals surface area contributed by atoms with Crippen LogP contribution in [0, 0.1) is 40.4 Å². The van der Waals surface area contributed by atoms with Crippen molar-refractivity contribution in [2.24, 2.45) is 40.4 Å². The number of thioether (sulfide) groups is 1. The van der Waals surface area contributed by atoms with Crippen molar-refractivity contribution in [1.82, 2.24) is 0 Å². The van der Waals surface area contributed by atoms with Crippen LogP contribution < -0.4 is 0 Å². The Morgan fingerprint density at radius 3 is 2.39 bits per heavy atom. The molecule has 0 aromatic rings. The Bertz CT molecular complexity index is 514. The van der Waals surface area contributed by atoms with E-state index in [2.05, 4.69) is 32.5 Å². The van der Waals surface area contributed by atoms with Gasteiger partial charge in [-0.2, -0.15) is 11.8 Å². The first-order valence-electron chi connectivity index (χ1n) is 10.2. The lowest BCUT2D eigenvalue weighted by Crippen LogP contribution is -2.56. The van der Waals surface area contributed by atoms with Gasteiger partial charge in [0.25, 0.3) is 0 Å². The molecular formula is C21H34OS. The number of aliphatic hydroxyl groups is 1. The van der Waals surface area contributed by atoms with Crippen molar-refractivity contribution in [3.63, 3.8) is 0 Å². The molecule has 130 valence electrons. The van der Waals surface area contributed by atoms with Crippen molar-refractivity contribution >= 4 is 11.8 Å². The summed E-state index contributed by atoms with van der Waals surface area (Å²) in [5, 5.41) is 10.6. The van der Waals surface area contributed by atoms with Crippen LogP contribution in [0.5, 0.6) is 0 Å². The largest absolute Gasteiger partial charge is 0.393 e. The normalized spacial score (nSPS) is 64.2. The van der Waals surface area contributed by atoms with E-state index in [1.165, 1.54) is 50.7 Å². The van der Waals surface area contributed by atoms with E-state index in [1.54, 1.807) is 0 Å². The monoisotopic (exact) mass is 334 g/mol. The van der Waals surface area contributed by atoms with Crippen molar-refractivity contribution in [2.45, 2.75) is 83.0 Å². The number of hydrogen-bond acceptors (Lipinski definition) is 2. The van der Waals surface area contributed by atoms with Gasteiger partial charge >= 0.3 is 0 Å². The molecule has 1 spiro atoms. The number of fused-ring (bicyclic) bond motifs is 5. The Labute approximate surface area is 146 Å². The molecule has 2 heteroatoms. The molecule has 5 aliphatic rings. The Kier molecular flexibility index (Phi) is 3.20. The number of rotatable bonds is 0. The maximum atomic E-state index is 10.6. The zero-order chi connectivity index (χ0) is 16.0. The Morgan fingerprint density at radius 2 is 1.65 bits per heavy atom. The molecular weight excluding hydrogens is 300 g/mol. The summed E-state index contributed by atoms with van der Waals surface area (Å²) >= 11 is 2.27. The van der Waals surface area contributed by atoms with E-state index >= 15 is 0 Å². The number of aliphatic hydroxyl groups excluding tert-OH is 1. The van der Waals surface area contributed by atoms with Gasteiger partial charge < -0.3 is 5.11 Å². The maximum absolute atomic E-state index is 10.6. The minimum atomic E-state index is -0.0182. The fraction of sp³-hybridized carbons (Fsp3) is 1.00. The lowest BCUT2D eigenvalue weighted by Gasteiger charge is -2.62. The molecule has 4 aliphatic carbocycles. The van der Waals surface area contributed by atoms with Crippen molar-refractivity contribution in [3.05, 3.63) is 0 Å². The molecule has 9 atom stereocenters. The van der Waals surface area contributed by atoms with Crippen LogP contribution in [0.25, 0.3) is 0 Å². The van der Waals surface area contributed by atoms with Crippen LogP contribution in [0.3, 0.4) is 0 Å². The lowest BCUT2D eigenvalue weighted by molar-refractivity contribution is -0.129. The molecule has 0 amide bonds. The molecule has 1 aliphatic heterocycles. The number of hydrogen-bond donors (Lipinski definition) is 1. The van der Waals surface area contributed by atoms with Gasteiger partial charge in [0.05, 0.1) is 6.10 Å². The Morgan fingerprint density at radius 1 is 0.913 bits per heavy atom. The molecule has 0 radical (unpaired) electrons. The molecule has 0 bridgehead atoms. The fourth-order valence-electron chi connectivity index (χ4n) is 8.12. The smallest absolute Gasteiger partial charge is 0.0596 e. The minimum Gasteiger partial charge on any atom is -0.393 e. The second-order valence-electron chi connectivity index (χ2n) is 10.5. The van der Waals surface area contributed by atoms with E-state index in [0.29, 0.717) is 10.2 Å². The van der Waals surface area contributed by atoms with Crippen molar-refractivity contribution in [2.75, 3.05) is 5.75 Å². The summed E-state index contributed by atoms with van der Waals surface area (Å²) in [6, 6.07) is 0. The minimum absolute atomic E-state index is 0.0182. The summed E-state index contributed by atoms with van der Waals surface area (Å²) in [5.41, 5.74) is 0.851. The first-order chi connectivity index (χ1) is 10.9. The quantitative estimate of drug-likeness (QED) is 0.620. The van der Waals surface area contributed by atoms with Crippen LogP contribution in [0.15, 0.2) is 0 Å². The molecule has 0 unspecified atom stereocenters. The molecule has 1 heterocycles. The summed E-state index contributed by atoms with van der Waals surface area (Å²) in [6.45, 7) is 7.65. The maximum Gasteiger partial charge on any atom is 0.0596 e. The third-order valence-corrected chi connectivity index (χ3v) is 11.4.